The van der Waals surface area contributed by atoms with E-state index >= 15 is 0 Å². The highest BCUT2D eigenvalue weighted by Crippen LogP contribution is 2.29. The largest absolute Gasteiger partial charge is 0.495 e. The van der Waals surface area contributed by atoms with Gasteiger partial charge in [0.2, 0.25) is 0 Å². The van der Waals surface area contributed by atoms with Crippen molar-refractivity contribution < 1.29 is 14.6 Å². The summed E-state index contributed by atoms with van der Waals surface area (Å²) in [5, 5.41) is 15.0. The van der Waals surface area contributed by atoms with Crippen molar-refractivity contribution in [1.82, 2.24) is 5.32 Å². The van der Waals surface area contributed by atoms with E-state index in [2.05, 4.69) is 5.32 Å². The summed E-state index contributed by atoms with van der Waals surface area (Å²) in [6, 6.07) is 5.56. The van der Waals surface area contributed by atoms with Crippen LogP contribution in [0.15, 0.2) is 23.6 Å². The molecule has 1 amide bonds. The molecular weight excluding hydrogens is 294 g/mol. The minimum absolute atomic E-state index is 0.159. The van der Waals surface area contributed by atoms with Crippen molar-refractivity contribution in [2.75, 3.05) is 13.7 Å². The minimum atomic E-state index is -1.07. The van der Waals surface area contributed by atoms with E-state index in [1.165, 1.54) is 22.7 Å². The standard InChI is InChI=1S/C14H17NO3S2/c1-9-7-10(18-3)12(20-9)13(16)15-8-14(2,17)11-5-4-6-19-11/h4-7,17H,8H2,1-3H3,(H,15,16). The quantitative estimate of drug-likeness (QED) is 0.892. The molecule has 1 unspecified atom stereocenters. The number of rotatable bonds is 5. The molecule has 2 N–H and O–H groups in total. The molecule has 0 aliphatic heterocycles. The van der Waals surface area contributed by atoms with Crippen molar-refractivity contribution in [1.29, 1.82) is 0 Å². The Hall–Kier alpha value is -1.37. The van der Waals surface area contributed by atoms with Crippen LogP contribution < -0.4 is 10.1 Å². The van der Waals surface area contributed by atoms with E-state index in [0.717, 1.165) is 9.75 Å². The number of nitrogens with one attached hydrogen (secondary N) is 1. The smallest absolute Gasteiger partial charge is 0.265 e. The first kappa shape index (κ1) is 15.0. The zero-order chi connectivity index (χ0) is 14.8. The van der Waals surface area contributed by atoms with Crippen molar-refractivity contribution in [2.45, 2.75) is 19.4 Å². The fourth-order valence-corrected chi connectivity index (χ4v) is 3.49. The monoisotopic (exact) mass is 311 g/mol. The number of thiophene rings is 2. The third-order valence-electron chi connectivity index (χ3n) is 2.89. The number of amides is 1. The zero-order valence-electron chi connectivity index (χ0n) is 11.6. The van der Waals surface area contributed by atoms with Gasteiger partial charge >= 0.3 is 0 Å². The van der Waals surface area contributed by atoms with Gasteiger partial charge in [-0.1, -0.05) is 6.07 Å². The third-order valence-corrected chi connectivity index (χ3v) is 5.05. The Morgan fingerprint density at radius 3 is 2.90 bits per heavy atom. The van der Waals surface area contributed by atoms with Crippen LogP contribution in [0.2, 0.25) is 0 Å². The zero-order valence-corrected chi connectivity index (χ0v) is 13.2. The number of hydrogen-bond donors (Lipinski definition) is 2. The number of ether oxygens (including phenoxy) is 1. The fraction of sp³-hybridized carbons (Fsp3) is 0.357. The highest BCUT2D eigenvalue weighted by atomic mass is 32.1. The summed E-state index contributed by atoms with van der Waals surface area (Å²) >= 11 is 2.84. The maximum atomic E-state index is 12.2. The predicted molar refractivity (Wildman–Crippen MR) is 81.8 cm³/mol. The van der Waals surface area contributed by atoms with E-state index in [1.54, 1.807) is 14.0 Å². The number of methoxy groups -OCH3 is 1. The maximum Gasteiger partial charge on any atom is 0.265 e. The molecule has 0 fully saturated rings. The molecule has 0 aromatic carbocycles. The lowest BCUT2D eigenvalue weighted by atomic mass is 10.1. The van der Waals surface area contributed by atoms with E-state index in [0.29, 0.717) is 10.6 Å². The van der Waals surface area contributed by atoms with Crippen LogP contribution in [0.1, 0.15) is 26.3 Å². The lowest BCUT2D eigenvalue weighted by Crippen LogP contribution is -2.37. The van der Waals surface area contributed by atoms with Crippen LogP contribution in [-0.2, 0) is 5.60 Å². The Morgan fingerprint density at radius 1 is 1.55 bits per heavy atom. The molecule has 0 radical (unpaired) electrons. The third kappa shape index (κ3) is 3.20. The molecule has 0 aliphatic rings. The van der Waals surface area contributed by atoms with Gasteiger partial charge in [-0.25, -0.2) is 0 Å². The predicted octanol–water partition coefficient (Wildman–Crippen LogP) is 2.76. The average molecular weight is 311 g/mol. The van der Waals surface area contributed by atoms with E-state index < -0.39 is 5.60 Å². The molecule has 1 atom stereocenters. The summed E-state index contributed by atoms with van der Waals surface area (Å²) in [6.45, 7) is 3.77. The van der Waals surface area contributed by atoms with E-state index in [9.17, 15) is 9.90 Å². The molecule has 2 rings (SSSR count). The van der Waals surface area contributed by atoms with Crippen LogP contribution in [0.4, 0.5) is 0 Å². The SMILES string of the molecule is COc1cc(C)sc1C(=O)NCC(C)(O)c1cccs1. The Bertz CT molecular complexity index is 588. The minimum Gasteiger partial charge on any atom is -0.495 e. The lowest BCUT2D eigenvalue weighted by Gasteiger charge is -2.22. The number of aryl methyl sites for hydroxylation is 1. The Kier molecular flexibility index (Phi) is 4.47. The van der Waals surface area contributed by atoms with Gasteiger partial charge in [-0.05, 0) is 31.4 Å². The topological polar surface area (TPSA) is 58.6 Å². The molecule has 20 heavy (non-hydrogen) atoms. The molecule has 2 aromatic heterocycles. The van der Waals surface area contributed by atoms with Crippen LogP contribution >= 0.6 is 22.7 Å². The van der Waals surface area contributed by atoms with Crippen molar-refractivity contribution in [3.05, 3.63) is 38.2 Å². The molecule has 6 heteroatoms. The first-order chi connectivity index (χ1) is 9.44. The van der Waals surface area contributed by atoms with Gasteiger partial charge in [0.1, 0.15) is 16.2 Å². The highest BCUT2D eigenvalue weighted by Gasteiger charge is 2.26. The number of hydrogen-bond acceptors (Lipinski definition) is 5. The Morgan fingerprint density at radius 2 is 2.30 bits per heavy atom. The maximum absolute atomic E-state index is 12.2. The highest BCUT2D eigenvalue weighted by molar-refractivity contribution is 7.14. The number of aliphatic hydroxyl groups is 1. The van der Waals surface area contributed by atoms with E-state index in [-0.39, 0.29) is 12.5 Å². The second kappa shape index (κ2) is 5.95. The molecule has 0 aliphatic carbocycles. The van der Waals surface area contributed by atoms with E-state index in [1.807, 2.05) is 30.5 Å². The number of carbonyl (C=O) groups excluding carboxylic acids is 1. The Balaban J connectivity index is 2.05. The van der Waals surface area contributed by atoms with Gasteiger partial charge in [-0.2, -0.15) is 0 Å². The van der Waals surface area contributed by atoms with Crippen LogP contribution in [0.25, 0.3) is 0 Å². The molecule has 0 saturated heterocycles. The van der Waals surface area contributed by atoms with Crippen molar-refractivity contribution in [3.63, 3.8) is 0 Å². The van der Waals surface area contributed by atoms with Crippen LogP contribution in [-0.4, -0.2) is 24.7 Å². The van der Waals surface area contributed by atoms with Gasteiger partial charge in [0.25, 0.3) is 5.91 Å². The molecule has 0 bridgehead atoms. The van der Waals surface area contributed by atoms with Gasteiger partial charge in [-0.3, -0.25) is 4.79 Å². The Labute approximate surface area is 126 Å². The van der Waals surface area contributed by atoms with Crippen molar-refractivity contribution in [2.24, 2.45) is 0 Å². The molecule has 2 heterocycles. The molecule has 0 saturated carbocycles. The summed E-state index contributed by atoms with van der Waals surface area (Å²) in [4.78, 5) is 14.5. The van der Waals surface area contributed by atoms with Crippen molar-refractivity contribution in [3.8, 4) is 5.75 Å². The van der Waals surface area contributed by atoms with Crippen LogP contribution in [0.3, 0.4) is 0 Å². The molecular formula is C14H17NO3S2. The van der Waals surface area contributed by atoms with Gasteiger partial charge in [0, 0.05) is 9.75 Å². The summed E-state index contributed by atoms with van der Waals surface area (Å²) in [5.74, 6) is 0.345. The molecule has 2 aromatic rings. The molecule has 108 valence electrons. The molecule has 0 spiro atoms. The van der Waals surface area contributed by atoms with Crippen LogP contribution in [0.5, 0.6) is 5.75 Å². The van der Waals surface area contributed by atoms with Gasteiger partial charge < -0.3 is 15.2 Å². The normalized spacial score (nSPS) is 13.8. The van der Waals surface area contributed by atoms with E-state index in [4.69, 9.17) is 4.74 Å². The molecule has 4 nitrogen and oxygen atoms in total. The summed E-state index contributed by atoms with van der Waals surface area (Å²) in [6.07, 6.45) is 0. The lowest BCUT2D eigenvalue weighted by molar-refractivity contribution is 0.0557. The van der Waals surface area contributed by atoms with Gasteiger partial charge in [0.15, 0.2) is 0 Å². The van der Waals surface area contributed by atoms with Gasteiger partial charge in [0.05, 0.1) is 13.7 Å². The summed E-state index contributed by atoms with van der Waals surface area (Å²) in [7, 11) is 1.54. The summed E-state index contributed by atoms with van der Waals surface area (Å²) in [5.41, 5.74) is -1.07. The summed E-state index contributed by atoms with van der Waals surface area (Å²) < 4.78 is 5.18. The second-order valence-corrected chi connectivity index (χ2v) is 6.89. The first-order valence-corrected chi connectivity index (χ1v) is 7.82. The average Bonchev–Trinajstić information content (AvgIpc) is 3.05. The first-order valence-electron chi connectivity index (χ1n) is 6.13. The fourth-order valence-electron chi connectivity index (χ4n) is 1.81. The van der Waals surface area contributed by atoms with Crippen LogP contribution in [0, 0.1) is 6.92 Å². The second-order valence-electron chi connectivity index (χ2n) is 4.69. The van der Waals surface area contributed by atoms with Crippen molar-refractivity contribution >= 4 is 28.6 Å². The van der Waals surface area contributed by atoms with Gasteiger partial charge in [-0.15, -0.1) is 22.7 Å². The number of carbonyl (C=O) groups is 1.